The van der Waals surface area contributed by atoms with Gasteiger partial charge in [-0.1, -0.05) is 35.5 Å². The number of benzene rings is 1. The van der Waals surface area contributed by atoms with Crippen molar-refractivity contribution in [3.8, 4) is 0 Å². The lowest BCUT2D eigenvalue weighted by molar-refractivity contribution is 0.0935. The van der Waals surface area contributed by atoms with Gasteiger partial charge in [0.15, 0.2) is 11.5 Å². The molecule has 0 saturated heterocycles. The van der Waals surface area contributed by atoms with E-state index < -0.39 is 0 Å². The normalized spacial score (nSPS) is 10.8. The monoisotopic (exact) mass is 289 g/mol. The van der Waals surface area contributed by atoms with Crippen LogP contribution in [0.1, 0.15) is 21.8 Å². The molecule has 112 valence electrons. The second-order valence-electron chi connectivity index (χ2n) is 4.82. The fourth-order valence-corrected chi connectivity index (χ4v) is 1.97. The number of carbonyl (C=O) groups excluding carboxylic acids is 1. The Morgan fingerprint density at radius 1 is 1.33 bits per heavy atom. The lowest BCUT2D eigenvalue weighted by Gasteiger charge is -2.14. The topological polar surface area (TPSA) is 78.6 Å². The summed E-state index contributed by atoms with van der Waals surface area (Å²) >= 11 is 0. The third kappa shape index (κ3) is 4.70. The number of rotatable bonds is 7. The van der Waals surface area contributed by atoms with Gasteiger partial charge in [-0.3, -0.25) is 9.69 Å². The summed E-state index contributed by atoms with van der Waals surface area (Å²) in [6, 6.07) is 11.7. The maximum atomic E-state index is 11.6. The van der Waals surface area contributed by atoms with Crippen LogP contribution in [0.25, 0.3) is 0 Å². The third-order valence-corrected chi connectivity index (χ3v) is 2.91. The molecule has 0 saturated carbocycles. The van der Waals surface area contributed by atoms with Gasteiger partial charge < -0.3 is 14.9 Å². The zero-order valence-corrected chi connectivity index (χ0v) is 12.0. The van der Waals surface area contributed by atoms with Crippen LogP contribution in [0.4, 0.5) is 0 Å². The second kappa shape index (κ2) is 7.56. The van der Waals surface area contributed by atoms with Crippen LogP contribution in [0.2, 0.25) is 0 Å². The molecular formula is C15H19N3O3. The quantitative estimate of drug-likeness (QED) is 0.796. The van der Waals surface area contributed by atoms with E-state index in [1.807, 2.05) is 25.2 Å². The van der Waals surface area contributed by atoms with Crippen LogP contribution in [0, 0.1) is 0 Å². The fourth-order valence-electron chi connectivity index (χ4n) is 1.97. The number of amides is 1. The molecule has 0 atom stereocenters. The highest BCUT2D eigenvalue weighted by Gasteiger charge is 2.13. The summed E-state index contributed by atoms with van der Waals surface area (Å²) in [5.41, 5.74) is 1.44. The van der Waals surface area contributed by atoms with Crippen molar-refractivity contribution in [3.63, 3.8) is 0 Å². The van der Waals surface area contributed by atoms with E-state index in [9.17, 15) is 4.79 Å². The van der Waals surface area contributed by atoms with E-state index in [-0.39, 0.29) is 24.8 Å². The molecule has 0 aliphatic rings. The highest BCUT2D eigenvalue weighted by Crippen LogP contribution is 2.09. The molecule has 1 amide bonds. The molecule has 1 aromatic carbocycles. The first kappa shape index (κ1) is 15.2. The van der Waals surface area contributed by atoms with Gasteiger partial charge in [-0.05, 0) is 12.6 Å². The van der Waals surface area contributed by atoms with Crippen molar-refractivity contribution >= 4 is 5.91 Å². The predicted molar refractivity (Wildman–Crippen MR) is 77.5 cm³/mol. The molecule has 0 radical (unpaired) electrons. The Hall–Kier alpha value is -2.18. The second-order valence-corrected chi connectivity index (χ2v) is 4.82. The minimum absolute atomic E-state index is 0.101. The molecule has 0 aliphatic heterocycles. The maximum Gasteiger partial charge on any atom is 0.273 e. The molecule has 0 fully saturated rings. The first-order valence-corrected chi connectivity index (χ1v) is 6.76. The van der Waals surface area contributed by atoms with E-state index in [2.05, 4.69) is 27.5 Å². The van der Waals surface area contributed by atoms with E-state index in [4.69, 9.17) is 9.63 Å². The van der Waals surface area contributed by atoms with Crippen LogP contribution < -0.4 is 5.32 Å². The summed E-state index contributed by atoms with van der Waals surface area (Å²) in [6.07, 6.45) is 0. The van der Waals surface area contributed by atoms with Crippen LogP contribution in [-0.4, -0.2) is 41.3 Å². The molecule has 2 N–H and O–H groups in total. The Balaban J connectivity index is 1.88. The van der Waals surface area contributed by atoms with Gasteiger partial charge in [-0.25, -0.2) is 0 Å². The number of aliphatic hydroxyl groups is 1. The van der Waals surface area contributed by atoms with E-state index in [0.29, 0.717) is 12.3 Å². The molecule has 0 bridgehead atoms. The molecular weight excluding hydrogens is 270 g/mol. The van der Waals surface area contributed by atoms with Crippen molar-refractivity contribution in [1.82, 2.24) is 15.4 Å². The number of hydrogen-bond donors (Lipinski definition) is 2. The maximum absolute atomic E-state index is 11.6. The minimum atomic E-state index is -0.343. The summed E-state index contributed by atoms with van der Waals surface area (Å²) in [5, 5.41) is 14.9. The summed E-state index contributed by atoms with van der Waals surface area (Å²) in [6.45, 7) is 1.45. The summed E-state index contributed by atoms with van der Waals surface area (Å²) < 4.78 is 5.16. The van der Waals surface area contributed by atoms with Gasteiger partial charge in [0, 0.05) is 19.2 Å². The third-order valence-electron chi connectivity index (χ3n) is 2.91. The van der Waals surface area contributed by atoms with Crippen LogP contribution in [0.3, 0.4) is 0 Å². The van der Waals surface area contributed by atoms with Crippen molar-refractivity contribution < 1.29 is 14.4 Å². The standard InChI is InChI=1S/C15H19N3O3/c1-18(10-12-5-3-2-4-6-12)11-13-9-14(17-21-13)15(20)16-7-8-19/h2-6,9,19H,7-8,10-11H2,1H3,(H,16,20). The van der Waals surface area contributed by atoms with E-state index in [1.165, 1.54) is 5.56 Å². The molecule has 1 aromatic heterocycles. The van der Waals surface area contributed by atoms with Gasteiger partial charge in [0.2, 0.25) is 0 Å². The average Bonchev–Trinajstić information content (AvgIpc) is 2.94. The Morgan fingerprint density at radius 3 is 2.81 bits per heavy atom. The van der Waals surface area contributed by atoms with Crippen molar-refractivity contribution in [2.75, 3.05) is 20.2 Å². The highest BCUT2D eigenvalue weighted by atomic mass is 16.5. The molecule has 2 aromatic rings. The molecule has 1 heterocycles. The van der Waals surface area contributed by atoms with Crippen molar-refractivity contribution in [1.29, 1.82) is 0 Å². The van der Waals surface area contributed by atoms with Crippen LogP contribution >= 0.6 is 0 Å². The molecule has 0 aliphatic carbocycles. The first-order chi connectivity index (χ1) is 10.2. The molecule has 6 nitrogen and oxygen atoms in total. The largest absolute Gasteiger partial charge is 0.395 e. The van der Waals surface area contributed by atoms with Gasteiger partial charge >= 0.3 is 0 Å². The highest BCUT2D eigenvalue weighted by molar-refractivity contribution is 5.92. The first-order valence-electron chi connectivity index (χ1n) is 6.76. The summed E-state index contributed by atoms with van der Waals surface area (Å²) in [4.78, 5) is 13.7. The van der Waals surface area contributed by atoms with Crippen molar-refractivity contribution in [3.05, 3.63) is 53.4 Å². The number of nitrogens with zero attached hydrogens (tertiary/aromatic N) is 2. The Morgan fingerprint density at radius 2 is 2.10 bits per heavy atom. The Bertz CT molecular complexity index is 569. The van der Waals surface area contributed by atoms with Gasteiger partial charge in [0.05, 0.1) is 13.2 Å². The van der Waals surface area contributed by atoms with E-state index >= 15 is 0 Å². The predicted octanol–water partition coefficient (Wildman–Crippen LogP) is 1.03. The summed E-state index contributed by atoms with van der Waals surface area (Å²) in [5.74, 6) is 0.285. The van der Waals surface area contributed by atoms with Crippen molar-refractivity contribution in [2.45, 2.75) is 13.1 Å². The lowest BCUT2D eigenvalue weighted by Crippen LogP contribution is -2.26. The molecule has 21 heavy (non-hydrogen) atoms. The van der Waals surface area contributed by atoms with Crippen LogP contribution in [-0.2, 0) is 13.1 Å². The number of aromatic nitrogens is 1. The van der Waals surface area contributed by atoms with Gasteiger partial charge in [-0.2, -0.15) is 0 Å². The van der Waals surface area contributed by atoms with Crippen LogP contribution in [0.15, 0.2) is 40.9 Å². The van der Waals surface area contributed by atoms with E-state index in [0.717, 1.165) is 6.54 Å². The molecule has 0 spiro atoms. The van der Waals surface area contributed by atoms with Crippen molar-refractivity contribution in [2.24, 2.45) is 0 Å². The number of nitrogens with one attached hydrogen (secondary N) is 1. The minimum Gasteiger partial charge on any atom is -0.395 e. The van der Waals surface area contributed by atoms with Crippen LogP contribution in [0.5, 0.6) is 0 Å². The summed E-state index contributed by atoms with van der Waals surface area (Å²) in [7, 11) is 1.97. The van der Waals surface area contributed by atoms with E-state index in [1.54, 1.807) is 6.07 Å². The van der Waals surface area contributed by atoms with Gasteiger partial charge in [-0.15, -0.1) is 0 Å². The van der Waals surface area contributed by atoms with Gasteiger partial charge in [0.25, 0.3) is 5.91 Å². The Labute approximate surface area is 123 Å². The zero-order valence-electron chi connectivity index (χ0n) is 12.0. The molecule has 0 unspecified atom stereocenters. The zero-order chi connectivity index (χ0) is 15.1. The Kier molecular flexibility index (Phi) is 5.48. The number of carbonyl (C=O) groups is 1. The fraction of sp³-hybridized carbons (Fsp3) is 0.333. The lowest BCUT2D eigenvalue weighted by atomic mass is 10.2. The number of aliphatic hydroxyl groups excluding tert-OH is 1. The SMILES string of the molecule is CN(Cc1ccccc1)Cc1cc(C(=O)NCCO)no1. The molecule has 2 rings (SSSR count). The molecule has 6 heteroatoms. The van der Waals surface area contributed by atoms with Gasteiger partial charge in [0.1, 0.15) is 0 Å². The smallest absolute Gasteiger partial charge is 0.273 e. The number of hydrogen-bond acceptors (Lipinski definition) is 5. The average molecular weight is 289 g/mol.